The van der Waals surface area contributed by atoms with E-state index >= 15 is 0 Å². The number of hydrogen-bond acceptors (Lipinski definition) is 6. The second kappa shape index (κ2) is 9.07. The highest BCUT2D eigenvalue weighted by Crippen LogP contribution is 2.21. The lowest BCUT2D eigenvalue weighted by atomic mass is 10.1. The Morgan fingerprint density at radius 1 is 1.15 bits per heavy atom. The average Bonchev–Trinajstić information content (AvgIpc) is 2.64. The van der Waals surface area contributed by atoms with E-state index in [1.165, 1.54) is 5.56 Å². The summed E-state index contributed by atoms with van der Waals surface area (Å²) >= 11 is 0. The van der Waals surface area contributed by atoms with E-state index in [1.807, 2.05) is 12.1 Å². The topological polar surface area (TPSA) is 61.7 Å². The minimum atomic E-state index is 0.245. The van der Waals surface area contributed by atoms with Gasteiger partial charge in [-0.25, -0.2) is 9.97 Å². The van der Waals surface area contributed by atoms with Crippen LogP contribution in [0.1, 0.15) is 25.8 Å². The molecule has 140 valence electrons. The summed E-state index contributed by atoms with van der Waals surface area (Å²) in [5.41, 5.74) is 1.26. The van der Waals surface area contributed by atoms with E-state index in [-0.39, 0.29) is 6.61 Å². The number of hydrogen-bond donors (Lipinski definition) is 1. The number of aromatic nitrogens is 2. The zero-order chi connectivity index (χ0) is 18.4. The number of aliphatic hydroxyl groups is 1. The van der Waals surface area contributed by atoms with E-state index in [4.69, 9.17) is 4.74 Å². The molecule has 0 unspecified atom stereocenters. The fourth-order valence-electron chi connectivity index (χ4n) is 3.53. The lowest BCUT2D eigenvalue weighted by Crippen LogP contribution is -2.55. The maximum Gasteiger partial charge on any atom is 0.321 e. The number of piperazine rings is 1. The molecule has 0 bridgehead atoms. The third-order valence-electron chi connectivity index (χ3n) is 4.82. The van der Waals surface area contributed by atoms with Crippen LogP contribution in [0.3, 0.4) is 0 Å². The maximum atomic E-state index is 9.38. The van der Waals surface area contributed by atoms with Crippen molar-refractivity contribution in [3.63, 3.8) is 0 Å². The van der Waals surface area contributed by atoms with Gasteiger partial charge < -0.3 is 9.84 Å². The average molecular weight is 356 g/mol. The minimum Gasteiger partial charge on any atom is -0.424 e. The molecule has 2 aromatic rings. The van der Waals surface area contributed by atoms with Gasteiger partial charge in [-0.15, -0.1) is 0 Å². The van der Waals surface area contributed by atoms with E-state index in [1.54, 1.807) is 18.5 Å². The number of nitrogens with zero attached hydrogens (tertiary/aromatic N) is 4. The summed E-state index contributed by atoms with van der Waals surface area (Å²) in [5, 5.41) is 9.38. The van der Waals surface area contributed by atoms with Crippen molar-refractivity contribution < 1.29 is 9.84 Å². The highest BCUT2D eigenvalue weighted by molar-refractivity contribution is 5.29. The zero-order valence-electron chi connectivity index (χ0n) is 15.6. The van der Waals surface area contributed by atoms with Crippen LogP contribution in [0.2, 0.25) is 0 Å². The normalized spacial score (nSPS) is 19.0. The molecule has 0 radical (unpaired) electrons. The number of aliphatic hydroxyl groups excluding tert-OH is 1. The first kappa shape index (κ1) is 18.8. The first-order valence-electron chi connectivity index (χ1n) is 9.28. The van der Waals surface area contributed by atoms with Gasteiger partial charge in [-0.1, -0.05) is 12.1 Å². The van der Waals surface area contributed by atoms with Crippen LogP contribution in [0.15, 0.2) is 42.7 Å². The van der Waals surface area contributed by atoms with Gasteiger partial charge in [0.25, 0.3) is 0 Å². The molecule has 3 rings (SSSR count). The Morgan fingerprint density at radius 2 is 1.88 bits per heavy atom. The lowest BCUT2D eigenvalue weighted by Gasteiger charge is -2.43. The Labute approximate surface area is 155 Å². The molecule has 1 aromatic carbocycles. The van der Waals surface area contributed by atoms with Gasteiger partial charge in [-0.05, 0) is 44.0 Å². The highest BCUT2D eigenvalue weighted by Gasteiger charge is 2.28. The summed E-state index contributed by atoms with van der Waals surface area (Å²) in [6.07, 6.45) is 4.16. The number of rotatable bonds is 7. The molecular weight excluding hydrogens is 328 g/mol. The first-order valence-corrected chi connectivity index (χ1v) is 9.28. The fraction of sp³-hybridized carbons (Fsp3) is 0.500. The second-order valence-corrected chi connectivity index (χ2v) is 7.01. The first-order chi connectivity index (χ1) is 12.7. The second-order valence-electron chi connectivity index (χ2n) is 7.01. The van der Waals surface area contributed by atoms with Gasteiger partial charge in [0, 0.05) is 57.3 Å². The van der Waals surface area contributed by atoms with Crippen LogP contribution in [0.5, 0.6) is 11.8 Å². The van der Waals surface area contributed by atoms with Crippen LogP contribution >= 0.6 is 0 Å². The summed E-state index contributed by atoms with van der Waals surface area (Å²) in [4.78, 5) is 13.1. The molecule has 0 saturated carbocycles. The molecule has 0 amide bonds. The number of ether oxygens (including phenoxy) is 1. The third-order valence-corrected chi connectivity index (χ3v) is 4.82. The van der Waals surface area contributed by atoms with Crippen LogP contribution in [-0.4, -0.2) is 63.2 Å². The van der Waals surface area contributed by atoms with Gasteiger partial charge >= 0.3 is 6.01 Å². The number of benzene rings is 1. The van der Waals surface area contributed by atoms with Gasteiger partial charge in [0.05, 0.1) is 0 Å². The quantitative estimate of drug-likeness (QED) is 0.823. The Kier molecular flexibility index (Phi) is 6.55. The third kappa shape index (κ3) is 5.00. The van der Waals surface area contributed by atoms with E-state index in [0.29, 0.717) is 18.1 Å². The van der Waals surface area contributed by atoms with Crippen molar-refractivity contribution in [2.24, 2.45) is 0 Å². The molecule has 26 heavy (non-hydrogen) atoms. The van der Waals surface area contributed by atoms with Gasteiger partial charge in [-0.3, -0.25) is 9.80 Å². The van der Waals surface area contributed by atoms with Gasteiger partial charge in [0.2, 0.25) is 0 Å². The molecule has 6 heteroatoms. The summed E-state index contributed by atoms with van der Waals surface area (Å²) < 4.78 is 5.64. The maximum absolute atomic E-state index is 9.38. The zero-order valence-corrected chi connectivity index (χ0v) is 15.6. The molecule has 1 aromatic heterocycles. The molecule has 2 heterocycles. The molecule has 1 saturated heterocycles. The molecule has 1 atom stereocenters. The molecular formula is C20H28N4O2. The Balaban J connectivity index is 1.57. The Bertz CT molecular complexity index is 663. The van der Waals surface area contributed by atoms with Crippen molar-refractivity contribution in [3.8, 4) is 11.8 Å². The van der Waals surface area contributed by atoms with Crippen LogP contribution < -0.4 is 4.74 Å². The highest BCUT2D eigenvalue weighted by atomic mass is 16.5. The van der Waals surface area contributed by atoms with Crippen LogP contribution in [0.4, 0.5) is 0 Å². The molecule has 1 aliphatic rings. The lowest BCUT2D eigenvalue weighted by molar-refractivity contribution is 0.0349. The minimum absolute atomic E-state index is 0.245. The van der Waals surface area contributed by atoms with Crippen molar-refractivity contribution >= 4 is 0 Å². The molecule has 1 N–H and O–H groups in total. The van der Waals surface area contributed by atoms with E-state index < -0.39 is 0 Å². The predicted molar refractivity (Wildman–Crippen MR) is 101 cm³/mol. The standard InChI is InChI=1S/C20H28N4O2/c1-16(2)24-12-11-23(15-18(24)8-13-25)14-17-4-6-19(7-5-17)26-20-21-9-3-10-22-20/h3-7,9-10,16,18,25H,8,11-15H2,1-2H3/t18-/m1/s1. The van der Waals surface area contributed by atoms with E-state index in [2.05, 4.69) is 45.7 Å². The molecule has 0 aliphatic carbocycles. The Hall–Kier alpha value is -2.02. The van der Waals surface area contributed by atoms with Crippen molar-refractivity contribution in [1.82, 2.24) is 19.8 Å². The Morgan fingerprint density at radius 3 is 2.54 bits per heavy atom. The summed E-state index contributed by atoms with van der Waals surface area (Å²) in [6, 6.07) is 11.2. The van der Waals surface area contributed by atoms with Crippen molar-refractivity contribution in [3.05, 3.63) is 48.3 Å². The van der Waals surface area contributed by atoms with E-state index in [9.17, 15) is 5.11 Å². The van der Waals surface area contributed by atoms with Crippen molar-refractivity contribution in [2.75, 3.05) is 26.2 Å². The van der Waals surface area contributed by atoms with Gasteiger partial charge in [0.1, 0.15) is 5.75 Å². The van der Waals surface area contributed by atoms with Crippen molar-refractivity contribution in [1.29, 1.82) is 0 Å². The van der Waals surface area contributed by atoms with Crippen molar-refractivity contribution in [2.45, 2.75) is 38.9 Å². The smallest absolute Gasteiger partial charge is 0.321 e. The van der Waals surface area contributed by atoms with Gasteiger partial charge in [-0.2, -0.15) is 0 Å². The van der Waals surface area contributed by atoms with Gasteiger partial charge in [0.15, 0.2) is 0 Å². The monoisotopic (exact) mass is 356 g/mol. The van der Waals surface area contributed by atoms with Crippen LogP contribution in [0, 0.1) is 0 Å². The molecule has 1 aliphatic heterocycles. The molecule has 6 nitrogen and oxygen atoms in total. The molecule has 1 fully saturated rings. The van der Waals surface area contributed by atoms with E-state index in [0.717, 1.165) is 38.3 Å². The predicted octanol–water partition coefficient (Wildman–Crippen LogP) is 2.55. The summed E-state index contributed by atoms with van der Waals surface area (Å²) in [6.45, 7) is 8.72. The SMILES string of the molecule is CC(C)N1CCN(Cc2ccc(Oc3ncccn3)cc2)C[C@H]1CCO. The summed E-state index contributed by atoms with van der Waals surface area (Å²) in [5.74, 6) is 0.739. The largest absolute Gasteiger partial charge is 0.424 e. The van der Waals surface area contributed by atoms with Crippen LogP contribution in [0.25, 0.3) is 0 Å². The van der Waals surface area contributed by atoms with Crippen LogP contribution in [-0.2, 0) is 6.54 Å². The fourth-order valence-corrected chi connectivity index (χ4v) is 3.53. The molecule has 0 spiro atoms. The summed E-state index contributed by atoms with van der Waals surface area (Å²) in [7, 11) is 0.